The highest BCUT2D eigenvalue weighted by Gasteiger charge is 2.37. The molecule has 1 spiro atoms. The molecule has 0 radical (unpaired) electrons. The summed E-state index contributed by atoms with van der Waals surface area (Å²) in [6.45, 7) is 8.29. The molecule has 2 rings (SSSR count). The second-order valence-electron chi connectivity index (χ2n) is 5.98. The SMILES string of the molecule is COCCC(C)N1CCCC2(CCCNC2)C1. The Morgan fingerprint density at radius 3 is 2.88 bits per heavy atom. The Hall–Kier alpha value is -0.120. The molecule has 2 heterocycles. The van der Waals surface area contributed by atoms with E-state index in [2.05, 4.69) is 17.1 Å². The van der Waals surface area contributed by atoms with Gasteiger partial charge in [0.1, 0.15) is 0 Å². The van der Waals surface area contributed by atoms with Crippen LogP contribution < -0.4 is 5.32 Å². The van der Waals surface area contributed by atoms with E-state index >= 15 is 0 Å². The highest BCUT2D eigenvalue weighted by atomic mass is 16.5. The third kappa shape index (κ3) is 3.43. The Morgan fingerprint density at radius 2 is 2.18 bits per heavy atom. The van der Waals surface area contributed by atoms with Gasteiger partial charge in [-0.15, -0.1) is 0 Å². The molecular weight excluding hydrogens is 212 g/mol. The molecule has 17 heavy (non-hydrogen) atoms. The van der Waals surface area contributed by atoms with Gasteiger partial charge >= 0.3 is 0 Å². The molecule has 0 amide bonds. The van der Waals surface area contributed by atoms with E-state index in [0.717, 1.165) is 6.61 Å². The van der Waals surface area contributed by atoms with Crippen molar-refractivity contribution in [3.8, 4) is 0 Å². The van der Waals surface area contributed by atoms with Crippen molar-refractivity contribution in [2.45, 2.75) is 45.1 Å². The number of nitrogens with one attached hydrogen (secondary N) is 1. The lowest BCUT2D eigenvalue weighted by atomic mass is 9.74. The molecule has 2 aliphatic rings. The number of ether oxygens (including phenoxy) is 1. The minimum Gasteiger partial charge on any atom is -0.385 e. The van der Waals surface area contributed by atoms with Crippen molar-refractivity contribution in [2.75, 3.05) is 39.9 Å². The molecule has 0 aromatic heterocycles. The summed E-state index contributed by atoms with van der Waals surface area (Å²) in [7, 11) is 1.80. The van der Waals surface area contributed by atoms with Gasteiger partial charge in [-0.3, -0.25) is 4.90 Å². The Balaban J connectivity index is 1.87. The fraction of sp³-hybridized carbons (Fsp3) is 1.00. The van der Waals surface area contributed by atoms with Crippen LogP contribution in [0.1, 0.15) is 39.0 Å². The van der Waals surface area contributed by atoms with Crippen LogP contribution in [0.2, 0.25) is 0 Å². The van der Waals surface area contributed by atoms with Gasteiger partial charge in [-0.05, 0) is 57.5 Å². The van der Waals surface area contributed by atoms with Crippen molar-refractivity contribution < 1.29 is 4.74 Å². The van der Waals surface area contributed by atoms with Crippen LogP contribution in [0, 0.1) is 5.41 Å². The van der Waals surface area contributed by atoms with Crippen LogP contribution in [0.25, 0.3) is 0 Å². The van der Waals surface area contributed by atoms with E-state index in [-0.39, 0.29) is 0 Å². The molecule has 0 bridgehead atoms. The first-order valence-corrected chi connectivity index (χ1v) is 7.19. The topological polar surface area (TPSA) is 24.5 Å². The molecular formula is C14H28N2O. The molecule has 0 aromatic carbocycles. The summed E-state index contributed by atoms with van der Waals surface area (Å²) in [4.78, 5) is 2.69. The van der Waals surface area contributed by atoms with Crippen molar-refractivity contribution in [2.24, 2.45) is 5.41 Å². The van der Waals surface area contributed by atoms with Crippen LogP contribution >= 0.6 is 0 Å². The predicted molar refractivity (Wildman–Crippen MR) is 71.3 cm³/mol. The maximum absolute atomic E-state index is 5.20. The molecule has 2 atom stereocenters. The average Bonchev–Trinajstić information content (AvgIpc) is 2.37. The molecule has 1 N–H and O–H groups in total. The van der Waals surface area contributed by atoms with Gasteiger partial charge in [0.25, 0.3) is 0 Å². The summed E-state index contributed by atoms with van der Waals surface area (Å²) in [6.07, 6.45) is 6.75. The van der Waals surface area contributed by atoms with Crippen LogP contribution in [0.5, 0.6) is 0 Å². The lowest BCUT2D eigenvalue weighted by Gasteiger charge is -2.47. The lowest BCUT2D eigenvalue weighted by molar-refractivity contribution is 0.0324. The molecule has 3 nitrogen and oxygen atoms in total. The van der Waals surface area contributed by atoms with Gasteiger partial charge < -0.3 is 10.1 Å². The van der Waals surface area contributed by atoms with Crippen LogP contribution in [0.3, 0.4) is 0 Å². The van der Waals surface area contributed by atoms with Gasteiger partial charge in [0.05, 0.1) is 0 Å². The first-order valence-electron chi connectivity index (χ1n) is 7.19. The summed E-state index contributed by atoms with van der Waals surface area (Å²) in [5.41, 5.74) is 0.581. The minimum absolute atomic E-state index is 0.581. The quantitative estimate of drug-likeness (QED) is 0.812. The molecule has 2 fully saturated rings. The zero-order chi connectivity index (χ0) is 12.1. The molecule has 0 aliphatic carbocycles. The van der Waals surface area contributed by atoms with Crippen molar-refractivity contribution in [1.29, 1.82) is 0 Å². The van der Waals surface area contributed by atoms with Crippen LogP contribution in [0.4, 0.5) is 0 Å². The number of piperidine rings is 2. The Labute approximate surface area is 106 Å². The van der Waals surface area contributed by atoms with E-state index < -0.39 is 0 Å². The molecule has 0 aromatic rings. The van der Waals surface area contributed by atoms with Crippen molar-refractivity contribution in [3.05, 3.63) is 0 Å². The van der Waals surface area contributed by atoms with Crippen molar-refractivity contribution >= 4 is 0 Å². The average molecular weight is 240 g/mol. The first kappa shape index (κ1) is 13.3. The van der Waals surface area contributed by atoms with Crippen molar-refractivity contribution in [1.82, 2.24) is 10.2 Å². The number of methoxy groups -OCH3 is 1. The maximum atomic E-state index is 5.20. The highest BCUT2D eigenvalue weighted by molar-refractivity contribution is 4.92. The second-order valence-corrected chi connectivity index (χ2v) is 5.98. The van der Waals surface area contributed by atoms with E-state index in [1.54, 1.807) is 7.11 Å². The third-order valence-corrected chi connectivity index (χ3v) is 4.61. The summed E-state index contributed by atoms with van der Waals surface area (Å²) in [5, 5.41) is 3.60. The van der Waals surface area contributed by atoms with Gasteiger partial charge in [-0.2, -0.15) is 0 Å². The fourth-order valence-corrected chi connectivity index (χ4v) is 3.47. The molecule has 0 saturated carbocycles. The predicted octanol–water partition coefficient (Wildman–Crippen LogP) is 1.88. The Morgan fingerprint density at radius 1 is 1.35 bits per heavy atom. The zero-order valence-corrected chi connectivity index (χ0v) is 11.5. The van der Waals surface area contributed by atoms with E-state index in [1.165, 1.54) is 58.3 Å². The maximum Gasteiger partial charge on any atom is 0.0477 e. The normalized spacial score (nSPS) is 32.8. The molecule has 2 unspecified atom stereocenters. The lowest BCUT2D eigenvalue weighted by Crippen LogP contribution is -2.53. The standard InChI is InChI=1S/C14H28N2O/c1-13(5-10-17-2)16-9-4-7-14(12-16)6-3-8-15-11-14/h13,15H,3-12H2,1-2H3. The molecule has 3 heteroatoms. The number of hydrogen-bond donors (Lipinski definition) is 1. The van der Waals surface area contributed by atoms with Gasteiger partial charge in [-0.25, -0.2) is 0 Å². The van der Waals surface area contributed by atoms with Crippen LogP contribution in [0.15, 0.2) is 0 Å². The molecule has 2 aliphatic heterocycles. The number of rotatable bonds is 4. The minimum atomic E-state index is 0.581. The molecule has 100 valence electrons. The summed E-state index contributed by atoms with van der Waals surface area (Å²) < 4.78 is 5.20. The monoisotopic (exact) mass is 240 g/mol. The summed E-state index contributed by atoms with van der Waals surface area (Å²) in [5.74, 6) is 0. The van der Waals surface area contributed by atoms with E-state index in [0.29, 0.717) is 11.5 Å². The highest BCUT2D eigenvalue weighted by Crippen LogP contribution is 2.36. The first-order chi connectivity index (χ1) is 8.26. The summed E-state index contributed by atoms with van der Waals surface area (Å²) >= 11 is 0. The number of nitrogens with zero attached hydrogens (tertiary/aromatic N) is 1. The largest absolute Gasteiger partial charge is 0.385 e. The van der Waals surface area contributed by atoms with Gasteiger partial charge in [0.15, 0.2) is 0 Å². The van der Waals surface area contributed by atoms with Crippen LogP contribution in [-0.2, 0) is 4.74 Å². The van der Waals surface area contributed by atoms with E-state index in [1.807, 2.05) is 0 Å². The van der Waals surface area contributed by atoms with E-state index in [4.69, 9.17) is 4.74 Å². The summed E-state index contributed by atoms with van der Waals surface area (Å²) in [6, 6.07) is 0.675. The Kier molecular flexibility index (Phi) is 4.83. The number of hydrogen-bond acceptors (Lipinski definition) is 3. The van der Waals surface area contributed by atoms with Crippen LogP contribution in [-0.4, -0.2) is 50.8 Å². The van der Waals surface area contributed by atoms with Crippen molar-refractivity contribution in [3.63, 3.8) is 0 Å². The fourth-order valence-electron chi connectivity index (χ4n) is 3.47. The smallest absolute Gasteiger partial charge is 0.0477 e. The number of likely N-dealkylation sites (tertiary alicyclic amines) is 1. The van der Waals surface area contributed by atoms with E-state index in [9.17, 15) is 0 Å². The third-order valence-electron chi connectivity index (χ3n) is 4.61. The van der Waals surface area contributed by atoms with Gasteiger partial charge in [0, 0.05) is 32.8 Å². The second kappa shape index (κ2) is 6.17. The van der Waals surface area contributed by atoms with Gasteiger partial charge in [0.2, 0.25) is 0 Å². The van der Waals surface area contributed by atoms with Gasteiger partial charge in [-0.1, -0.05) is 0 Å². The molecule has 2 saturated heterocycles. The zero-order valence-electron chi connectivity index (χ0n) is 11.5. The Bertz CT molecular complexity index is 221.